The van der Waals surface area contributed by atoms with Gasteiger partial charge in [0.2, 0.25) is 5.91 Å². The second kappa shape index (κ2) is 6.43. The highest BCUT2D eigenvalue weighted by atomic mass is 16.6. The van der Waals surface area contributed by atoms with Crippen LogP contribution in [-0.2, 0) is 9.53 Å². The van der Waals surface area contributed by atoms with Crippen molar-refractivity contribution in [3.8, 4) is 0 Å². The highest BCUT2D eigenvalue weighted by Gasteiger charge is 2.34. The molecule has 0 aromatic rings. The van der Waals surface area contributed by atoms with E-state index in [0.29, 0.717) is 19.6 Å². The Morgan fingerprint density at radius 2 is 2.05 bits per heavy atom. The largest absolute Gasteiger partial charge is 0.444 e. The van der Waals surface area contributed by atoms with E-state index in [2.05, 4.69) is 0 Å². The Bertz CT molecular complexity index is 363. The Kier molecular flexibility index (Phi) is 5.39. The van der Waals surface area contributed by atoms with Crippen LogP contribution in [0.3, 0.4) is 0 Å². The van der Waals surface area contributed by atoms with Crippen molar-refractivity contribution in [3.63, 3.8) is 0 Å². The van der Waals surface area contributed by atoms with Crippen molar-refractivity contribution in [2.75, 3.05) is 19.6 Å². The average Bonchev–Trinajstić information content (AvgIpc) is 2.77. The number of carbonyl (C=O) groups is 2. The number of nitrogens with two attached hydrogens (primary N) is 1. The summed E-state index contributed by atoms with van der Waals surface area (Å²) >= 11 is 0. The zero-order valence-electron chi connectivity index (χ0n) is 13.2. The Labute approximate surface area is 121 Å². The summed E-state index contributed by atoms with van der Waals surface area (Å²) in [5.74, 6) is -0.0662. The highest BCUT2D eigenvalue weighted by Crippen LogP contribution is 2.19. The van der Waals surface area contributed by atoms with E-state index in [9.17, 15) is 9.59 Å². The van der Waals surface area contributed by atoms with Crippen LogP contribution in [0.1, 0.15) is 41.0 Å². The van der Waals surface area contributed by atoms with E-state index in [1.165, 1.54) is 0 Å². The van der Waals surface area contributed by atoms with E-state index in [1.54, 1.807) is 16.7 Å². The molecule has 6 heteroatoms. The lowest BCUT2D eigenvalue weighted by Gasteiger charge is -2.29. The molecule has 0 radical (unpaired) electrons. The maximum absolute atomic E-state index is 12.0. The van der Waals surface area contributed by atoms with Crippen molar-refractivity contribution >= 4 is 12.0 Å². The Morgan fingerprint density at radius 1 is 1.45 bits per heavy atom. The third-order valence-electron chi connectivity index (χ3n) is 3.27. The summed E-state index contributed by atoms with van der Waals surface area (Å²) in [5.41, 5.74) is 5.16. The summed E-state index contributed by atoms with van der Waals surface area (Å²) in [6.07, 6.45) is 0.454. The molecule has 1 rings (SSSR count). The van der Waals surface area contributed by atoms with Gasteiger partial charge in [-0.2, -0.15) is 0 Å². The number of nitrogens with zero attached hydrogens (tertiary/aromatic N) is 2. The minimum Gasteiger partial charge on any atom is -0.444 e. The fraction of sp³-hybridized carbons (Fsp3) is 0.857. The number of hydrogen-bond acceptors (Lipinski definition) is 4. The Hall–Kier alpha value is -1.30. The van der Waals surface area contributed by atoms with Crippen LogP contribution in [0.15, 0.2) is 0 Å². The Morgan fingerprint density at radius 3 is 2.50 bits per heavy atom. The fourth-order valence-corrected chi connectivity index (χ4v) is 2.34. The van der Waals surface area contributed by atoms with E-state index in [0.717, 1.165) is 6.42 Å². The zero-order valence-corrected chi connectivity index (χ0v) is 13.2. The lowest BCUT2D eigenvalue weighted by atomic mass is 10.2. The van der Waals surface area contributed by atoms with Crippen molar-refractivity contribution in [3.05, 3.63) is 0 Å². The van der Waals surface area contributed by atoms with Crippen molar-refractivity contribution in [2.24, 2.45) is 5.73 Å². The number of likely N-dealkylation sites (N-methyl/N-ethyl adjacent to an activating group) is 1. The van der Waals surface area contributed by atoms with E-state index in [1.807, 2.05) is 27.7 Å². The molecule has 2 amide bonds. The molecule has 1 saturated heterocycles. The highest BCUT2D eigenvalue weighted by molar-refractivity contribution is 5.81. The summed E-state index contributed by atoms with van der Waals surface area (Å²) < 4.78 is 5.35. The molecule has 20 heavy (non-hydrogen) atoms. The fourth-order valence-electron chi connectivity index (χ4n) is 2.34. The molecule has 2 atom stereocenters. The van der Waals surface area contributed by atoms with Gasteiger partial charge >= 0.3 is 6.09 Å². The second-order valence-electron chi connectivity index (χ2n) is 6.28. The van der Waals surface area contributed by atoms with Gasteiger partial charge in [-0.1, -0.05) is 0 Å². The third-order valence-corrected chi connectivity index (χ3v) is 3.27. The zero-order chi connectivity index (χ0) is 15.5. The van der Waals surface area contributed by atoms with Crippen LogP contribution < -0.4 is 5.73 Å². The van der Waals surface area contributed by atoms with E-state index in [-0.39, 0.29) is 18.0 Å². The summed E-state index contributed by atoms with van der Waals surface area (Å²) in [7, 11) is 0. The van der Waals surface area contributed by atoms with Crippen LogP contribution >= 0.6 is 0 Å². The van der Waals surface area contributed by atoms with Gasteiger partial charge in [-0.05, 0) is 41.0 Å². The van der Waals surface area contributed by atoms with Crippen LogP contribution in [0.5, 0.6) is 0 Å². The maximum Gasteiger partial charge on any atom is 0.410 e. The van der Waals surface area contributed by atoms with Gasteiger partial charge in [-0.15, -0.1) is 0 Å². The molecule has 0 saturated carbocycles. The molecule has 0 aromatic heterocycles. The number of ether oxygens (including phenoxy) is 1. The van der Waals surface area contributed by atoms with Crippen molar-refractivity contribution in [1.82, 2.24) is 9.80 Å². The quantitative estimate of drug-likeness (QED) is 0.845. The van der Waals surface area contributed by atoms with E-state index in [4.69, 9.17) is 10.5 Å². The van der Waals surface area contributed by atoms with Crippen LogP contribution in [0.4, 0.5) is 4.79 Å². The first-order valence-electron chi connectivity index (χ1n) is 7.19. The molecular formula is C14H27N3O3. The molecule has 1 aliphatic rings. The molecule has 0 aliphatic carbocycles. The molecule has 0 aromatic carbocycles. The number of likely N-dealkylation sites (tertiary alicyclic amines) is 1. The lowest BCUT2D eigenvalue weighted by molar-refractivity contribution is -0.134. The molecule has 2 unspecified atom stereocenters. The van der Waals surface area contributed by atoms with Gasteiger partial charge in [0.15, 0.2) is 0 Å². The molecule has 0 spiro atoms. The van der Waals surface area contributed by atoms with Crippen molar-refractivity contribution in [2.45, 2.75) is 58.7 Å². The summed E-state index contributed by atoms with van der Waals surface area (Å²) in [4.78, 5) is 27.4. The second-order valence-corrected chi connectivity index (χ2v) is 6.28. The van der Waals surface area contributed by atoms with Crippen LogP contribution in [-0.4, -0.2) is 59.1 Å². The summed E-state index contributed by atoms with van der Waals surface area (Å²) in [6, 6.07) is -0.475. The molecule has 0 bridgehead atoms. The molecule has 6 nitrogen and oxygen atoms in total. The number of hydrogen-bond donors (Lipinski definition) is 1. The molecule has 116 valence electrons. The monoisotopic (exact) mass is 285 g/mol. The van der Waals surface area contributed by atoms with Gasteiger partial charge in [0.1, 0.15) is 5.60 Å². The maximum atomic E-state index is 12.0. The average molecular weight is 285 g/mol. The molecule has 1 fully saturated rings. The van der Waals surface area contributed by atoms with Crippen LogP contribution in [0, 0.1) is 0 Å². The van der Waals surface area contributed by atoms with Gasteiger partial charge < -0.3 is 20.3 Å². The Balaban J connectivity index is 2.62. The number of carbonyl (C=O) groups excluding carboxylic acids is 2. The predicted molar refractivity (Wildman–Crippen MR) is 77.2 cm³/mol. The van der Waals surface area contributed by atoms with E-state index < -0.39 is 11.6 Å². The van der Waals surface area contributed by atoms with Gasteiger partial charge in [0.05, 0.1) is 12.1 Å². The van der Waals surface area contributed by atoms with Crippen LogP contribution in [0.2, 0.25) is 0 Å². The lowest BCUT2D eigenvalue weighted by Crippen LogP contribution is -2.48. The summed E-state index contributed by atoms with van der Waals surface area (Å²) in [6.45, 7) is 10.9. The SMILES string of the molecule is CCN(C(=O)C(C)N)C1CCN(C(=O)OC(C)(C)C)C1. The van der Waals surface area contributed by atoms with Crippen LogP contribution in [0.25, 0.3) is 0 Å². The minimum atomic E-state index is -0.509. The first-order valence-corrected chi connectivity index (χ1v) is 7.19. The summed E-state index contributed by atoms with van der Waals surface area (Å²) in [5, 5.41) is 0. The van der Waals surface area contributed by atoms with Gasteiger partial charge in [0, 0.05) is 19.6 Å². The van der Waals surface area contributed by atoms with Crippen molar-refractivity contribution in [1.29, 1.82) is 0 Å². The number of amides is 2. The van der Waals surface area contributed by atoms with Gasteiger partial charge in [0.25, 0.3) is 0 Å². The van der Waals surface area contributed by atoms with Crippen molar-refractivity contribution < 1.29 is 14.3 Å². The standard InChI is InChI=1S/C14H27N3O3/c1-6-17(12(18)10(2)15)11-7-8-16(9-11)13(19)20-14(3,4)5/h10-11H,6-9,15H2,1-5H3. The first kappa shape index (κ1) is 16.8. The minimum absolute atomic E-state index is 0.0334. The smallest absolute Gasteiger partial charge is 0.410 e. The van der Waals surface area contributed by atoms with Gasteiger partial charge in [-0.3, -0.25) is 4.79 Å². The normalized spacial score (nSPS) is 20.7. The topological polar surface area (TPSA) is 75.9 Å². The third kappa shape index (κ3) is 4.37. The molecule has 1 aliphatic heterocycles. The molecule has 2 N–H and O–H groups in total. The first-order chi connectivity index (χ1) is 9.15. The number of rotatable bonds is 3. The van der Waals surface area contributed by atoms with E-state index >= 15 is 0 Å². The molecular weight excluding hydrogens is 258 g/mol. The molecule has 1 heterocycles. The van der Waals surface area contributed by atoms with Gasteiger partial charge in [-0.25, -0.2) is 4.79 Å². The predicted octanol–water partition coefficient (Wildman–Crippen LogP) is 1.19.